The summed E-state index contributed by atoms with van der Waals surface area (Å²) in [6, 6.07) is 20.7. The molecule has 164 valence electrons. The van der Waals surface area contributed by atoms with Gasteiger partial charge < -0.3 is 0 Å². The van der Waals surface area contributed by atoms with Crippen LogP contribution in [0.2, 0.25) is 0 Å². The first-order chi connectivity index (χ1) is 16.7. The zero-order valence-electron chi connectivity index (χ0n) is 17.5. The molecule has 4 aromatic rings. The van der Waals surface area contributed by atoms with Gasteiger partial charge in [0, 0.05) is 22.8 Å². The molecule has 0 radical (unpaired) electrons. The van der Waals surface area contributed by atoms with E-state index in [1.165, 1.54) is 11.3 Å². The predicted octanol–water partition coefficient (Wildman–Crippen LogP) is 2.81. The van der Waals surface area contributed by atoms with Crippen molar-refractivity contribution < 1.29 is 4.80 Å². The van der Waals surface area contributed by atoms with Gasteiger partial charge in [0.15, 0.2) is 5.01 Å². The third kappa shape index (κ3) is 3.51. The van der Waals surface area contributed by atoms with Crippen LogP contribution in [0.4, 0.5) is 0 Å². The van der Waals surface area contributed by atoms with Crippen LogP contribution in [0.3, 0.4) is 0 Å². The molecule has 0 aliphatic carbocycles. The van der Waals surface area contributed by atoms with Crippen LogP contribution in [0.1, 0.15) is 11.4 Å². The highest BCUT2D eigenvalue weighted by molar-refractivity contribution is 7.12. The van der Waals surface area contributed by atoms with E-state index in [4.69, 9.17) is 4.98 Å². The van der Waals surface area contributed by atoms with Crippen LogP contribution in [0.25, 0.3) is 45.0 Å². The Kier molecular flexibility index (Phi) is 4.70. The Hall–Kier alpha value is -4.70. The molecule has 2 aromatic carbocycles. The molecular formula is C24H16N7O2S+. The first-order valence-corrected chi connectivity index (χ1v) is 11.3. The van der Waals surface area contributed by atoms with Crippen molar-refractivity contribution >= 4 is 34.3 Å². The van der Waals surface area contributed by atoms with Gasteiger partial charge >= 0.3 is 5.82 Å². The highest BCUT2D eigenvalue weighted by Gasteiger charge is 2.24. The van der Waals surface area contributed by atoms with Crippen molar-refractivity contribution in [1.29, 1.82) is 0 Å². The quantitative estimate of drug-likeness (QED) is 0.388. The number of rotatable bonds is 4. The van der Waals surface area contributed by atoms with Crippen molar-refractivity contribution in [2.45, 2.75) is 0 Å². The Morgan fingerprint density at radius 2 is 1.71 bits per heavy atom. The number of tetrazole rings is 1. The van der Waals surface area contributed by atoms with E-state index < -0.39 is 5.56 Å². The Labute approximate surface area is 195 Å². The van der Waals surface area contributed by atoms with Crippen LogP contribution < -0.4 is 15.9 Å². The largest absolute Gasteiger partial charge is 0.308 e. The van der Waals surface area contributed by atoms with Crippen LogP contribution in [0.5, 0.6) is 0 Å². The molecule has 0 atom stereocenters. The number of aromatic nitrogens is 7. The maximum atomic E-state index is 12.4. The fourth-order valence-electron chi connectivity index (χ4n) is 3.67. The number of H-pyrrole nitrogens is 2. The van der Waals surface area contributed by atoms with Crippen LogP contribution >= 0.6 is 11.3 Å². The molecule has 6 rings (SSSR count). The lowest BCUT2D eigenvalue weighted by molar-refractivity contribution is -0.737. The lowest BCUT2D eigenvalue weighted by Gasteiger charge is -2.01. The first kappa shape index (κ1) is 19.9. The number of fused-ring (bicyclic) bond motifs is 2. The lowest BCUT2D eigenvalue weighted by Crippen LogP contribution is -2.43. The number of hydrogen-bond donors (Lipinski definition) is 2. The van der Waals surface area contributed by atoms with Gasteiger partial charge in [0.1, 0.15) is 5.69 Å². The summed E-state index contributed by atoms with van der Waals surface area (Å²) in [7, 11) is 0. The van der Waals surface area contributed by atoms with Gasteiger partial charge in [0.25, 0.3) is 16.9 Å². The summed E-state index contributed by atoms with van der Waals surface area (Å²) >= 11 is 1.53. The molecule has 0 unspecified atom stereocenters. The molecule has 0 saturated heterocycles. The van der Waals surface area contributed by atoms with Gasteiger partial charge in [0.05, 0.1) is 10.8 Å². The third-order valence-electron chi connectivity index (χ3n) is 5.30. The summed E-state index contributed by atoms with van der Waals surface area (Å²) in [6.07, 6.45) is 3.73. The topological polar surface area (TPSA) is 113 Å². The monoisotopic (exact) mass is 466 g/mol. The second-order valence-electron chi connectivity index (χ2n) is 7.51. The molecule has 0 fully saturated rings. The molecule has 10 heteroatoms. The summed E-state index contributed by atoms with van der Waals surface area (Å²) in [5.74, 6) is 1.05. The van der Waals surface area contributed by atoms with E-state index in [-0.39, 0.29) is 10.9 Å². The number of benzene rings is 2. The SMILES string of the molecule is O=c1[nH][nH]c(=O)c2cc(-n3nc(/C=C\c4ccccc4)n[n+]3-c3cc4cccsc-4n3)ccc12. The number of hydrogen-bond acceptors (Lipinski definition) is 6. The normalized spacial score (nSPS) is 11.6. The average molecular weight is 467 g/mol. The Balaban J connectivity index is 1.54. The van der Waals surface area contributed by atoms with Crippen molar-refractivity contribution in [3.8, 4) is 22.1 Å². The van der Waals surface area contributed by atoms with Crippen molar-refractivity contribution in [3.63, 3.8) is 0 Å². The zero-order chi connectivity index (χ0) is 23.1. The molecular weight excluding hydrogens is 450 g/mol. The van der Waals surface area contributed by atoms with E-state index in [2.05, 4.69) is 20.4 Å². The molecule has 0 saturated carbocycles. The smallest absolute Gasteiger partial charge is 0.267 e. The van der Waals surface area contributed by atoms with Crippen LogP contribution in [0, 0.1) is 0 Å². The molecule has 2 N–H and O–H groups in total. The Morgan fingerprint density at radius 3 is 2.53 bits per heavy atom. The van der Waals surface area contributed by atoms with E-state index in [1.807, 2.05) is 66.1 Å². The highest BCUT2D eigenvalue weighted by atomic mass is 32.1. The fourth-order valence-corrected chi connectivity index (χ4v) is 4.37. The lowest BCUT2D eigenvalue weighted by atomic mass is 10.2. The van der Waals surface area contributed by atoms with E-state index in [0.29, 0.717) is 22.7 Å². The maximum Gasteiger partial charge on any atom is 0.308 e. The van der Waals surface area contributed by atoms with Gasteiger partial charge in [0.2, 0.25) is 0 Å². The van der Waals surface area contributed by atoms with Gasteiger partial charge in [-0.3, -0.25) is 19.8 Å². The van der Waals surface area contributed by atoms with Crippen LogP contribution in [-0.4, -0.2) is 30.2 Å². The predicted molar refractivity (Wildman–Crippen MR) is 129 cm³/mol. The van der Waals surface area contributed by atoms with Gasteiger partial charge in [-0.1, -0.05) is 41.4 Å². The van der Waals surface area contributed by atoms with Gasteiger partial charge in [-0.2, -0.15) is 0 Å². The van der Waals surface area contributed by atoms with E-state index in [0.717, 1.165) is 16.1 Å². The van der Waals surface area contributed by atoms with Crippen LogP contribution in [0.15, 0.2) is 81.7 Å². The van der Waals surface area contributed by atoms with Gasteiger partial charge in [-0.05, 0) is 56.0 Å². The molecule has 0 amide bonds. The second kappa shape index (κ2) is 8.01. The molecule has 2 aliphatic heterocycles. The minimum Gasteiger partial charge on any atom is -0.267 e. The number of nitrogens with zero attached hydrogens (tertiary/aromatic N) is 5. The van der Waals surface area contributed by atoms with E-state index in [1.54, 1.807) is 27.8 Å². The van der Waals surface area contributed by atoms with E-state index >= 15 is 0 Å². The Morgan fingerprint density at radius 1 is 0.882 bits per heavy atom. The summed E-state index contributed by atoms with van der Waals surface area (Å²) < 4.78 is 0. The van der Waals surface area contributed by atoms with Crippen molar-refractivity contribution in [2.75, 3.05) is 0 Å². The van der Waals surface area contributed by atoms with Gasteiger partial charge in [-0.15, -0.1) is 11.3 Å². The number of aromatic amines is 2. The molecule has 2 aromatic heterocycles. The molecule has 2 aliphatic rings. The third-order valence-corrected chi connectivity index (χ3v) is 6.14. The van der Waals surface area contributed by atoms with Crippen molar-refractivity contribution in [1.82, 2.24) is 30.2 Å². The zero-order valence-corrected chi connectivity index (χ0v) is 18.4. The van der Waals surface area contributed by atoms with Crippen molar-refractivity contribution in [3.05, 3.63) is 104 Å². The number of nitrogens with one attached hydrogen (secondary N) is 2. The minimum atomic E-state index is -0.397. The standard InChI is InChI=1S/C24H15N7O2S/c32-22-18-10-9-17(14-19(18)23(33)27-26-22)30-28-20(11-8-15-5-2-1-3-6-15)29-31(30)21-13-16-7-4-12-34-24(16)25-21/h1-14H,(H,28,29)/p+1/b11-8-. The summed E-state index contributed by atoms with van der Waals surface area (Å²) in [4.78, 5) is 32.3. The minimum absolute atomic E-state index is 0.257. The molecule has 4 heterocycles. The summed E-state index contributed by atoms with van der Waals surface area (Å²) in [6.45, 7) is 0. The van der Waals surface area contributed by atoms with Gasteiger partial charge in [-0.25, -0.2) is 0 Å². The molecule has 34 heavy (non-hydrogen) atoms. The molecule has 0 bridgehead atoms. The maximum absolute atomic E-state index is 12.4. The van der Waals surface area contributed by atoms with Crippen LogP contribution in [-0.2, 0) is 0 Å². The Bertz CT molecular complexity index is 1730. The summed E-state index contributed by atoms with van der Waals surface area (Å²) in [5.41, 5.74) is 1.80. The highest BCUT2D eigenvalue weighted by Crippen LogP contribution is 2.26. The second-order valence-corrected chi connectivity index (χ2v) is 8.40. The fraction of sp³-hybridized carbons (Fsp3) is 0. The molecule has 0 spiro atoms. The molecule has 9 nitrogen and oxygen atoms in total. The summed E-state index contributed by atoms with van der Waals surface area (Å²) in [5, 5.41) is 17.4. The first-order valence-electron chi connectivity index (χ1n) is 10.4. The average Bonchev–Trinajstić information content (AvgIpc) is 3.50. The van der Waals surface area contributed by atoms with E-state index in [9.17, 15) is 9.59 Å². The van der Waals surface area contributed by atoms with Crippen molar-refractivity contribution in [2.24, 2.45) is 0 Å².